The van der Waals surface area contributed by atoms with Gasteiger partial charge in [-0.2, -0.15) is 9.78 Å². The van der Waals surface area contributed by atoms with E-state index in [1.807, 2.05) is 35.7 Å². The van der Waals surface area contributed by atoms with Crippen LogP contribution in [0, 0.1) is 13.5 Å². The molecule has 184 valence electrons. The molecule has 4 aromatic heterocycles. The lowest BCUT2D eigenvalue weighted by molar-refractivity contribution is -0.130. The van der Waals surface area contributed by atoms with Gasteiger partial charge in [-0.05, 0) is 38.1 Å². The first-order chi connectivity index (χ1) is 17.5. The molecule has 6 rings (SSSR count). The standard InChI is InChI=1S/C26H29N9O/c1-16-21-14-34(31-16)10-4-5-23(36)33(3)15-22-24(17-11-19-20(21)13-30-25(19)29-12-17)26(27-2)35(32-22)18-6-8-28-9-7-18/h11-14,18,28H,4-10,15H2,1,3H3,(H,29,30). The van der Waals surface area contributed by atoms with Crippen molar-refractivity contribution in [2.24, 2.45) is 0 Å². The summed E-state index contributed by atoms with van der Waals surface area (Å²) in [6.07, 6.45) is 8.78. The van der Waals surface area contributed by atoms with Crippen LogP contribution in [0.1, 0.15) is 43.1 Å². The van der Waals surface area contributed by atoms with E-state index in [0.29, 0.717) is 31.7 Å². The van der Waals surface area contributed by atoms with E-state index in [0.717, 1.165) is 70.6 Å². The molecule has 4 aromatic rings. The molecule has 0 radical (unpaired) electrons. The number of fused-ring (bicyclic) bond motifs is 6. The summed E-state index contributed by atoms with van der Waals surface area (Å²) in [5, 5.41) is 14.0. The number of aryl methyl sites for hydroxylation is 2. The number of rotatable bonds is 1. The number of carbonyl (C=O) groups excluding carboxylic acids is 1. The van der Waals surface area contributed by atoms with Gasteiger partial charge in [0.2, 0.25) is 5.91 Å². The Morgan fingerprint density at radius 1 is 1.19 bits per heavy atom. The number of carbonyl (C=O) groups is 1. The number of hydrogen-bond donors (Lipinski definition) is 2. The number of pyridine rings is 1. The Balaban J connectivity index is 1.58. The molecule has 1 fully saturated rings. The molecule has 1 amide bonds. The van der Waals surface area contributed by atoms with Crippen LogP contribution in [0.25, 0.3) is 38.1 Å². The number of H-pyrrole nitrogens is 1. The van der Waals surface area contributed by atoms with Crippen molar-refractivity contribution in [3.63, 3.8) is 0 Å². The molecule has 0 saturated carbocycles. The van der Waals surface area contributed by atoms with Gasteiger partial charge in [0.05, 0.1) is 12.2 Å². The van der Waals surface area contributed by atoms with Gasteiger partial charge in [-0.1, -0.05) is 6.57 Å². The van der Waals surface area contributed by atoms with Gasteiger partial charge in [0.15, 0.2) is 0 Å². The minimum absolute atomic E-state index is 0.0563. The number of amides is 1. The number of aromatic amines is 1. The van der Waals surface area contributed by atoms with Crippen LogP contribution in [-0.4, -0.2) is 60.5 Å². The van der Waals surface area contributed by atoms with Crippen LogP contribution in [-0.2, 0) is 17.9 Å². The van der Waals surface area contributed by atoms with Crippen molar-refractivity contribution in [2.75, 3.05) is 20.1 Å². The number of nitrogens with one attached hydrogen (secondary N) is 2. The molecule has 2 aliphatic heterocycles. The van der Waals surface area contributed by atoms with Gasteiger partial charge in [-0.15, -0.1) is 5.10 Å². The molecule has 4 bridgehead atoms. The molecular weight excluding hydrogens is 454 g/mol. The van der Waals surface area contributed by atoms with E-state index in [4.69, 9.17) is 16.7 Å². The van der Waals surface area contributed by atoms with E-state index in [1.54, 1.807) is 11.1 Å². The summed E-state index contributed by atoms with van der Waals surface area (Å²) in [6, 6.07) is 2.25. The molecule has 0 aliphatic carbocycles. The third kappa shape index (κ3) is 3.76. The van der Waals surface area contributed by atoms with E-state index in [1.165, 1.54) is 0 Å². The molecular formula is C26H29N9O. The van der Waals surface area contributed by atoms with E-state index in [-0.39, 0.29) is 11.9 Å². The maximum Gasteiger partial charge on any atom is 0.260 e. The number of aromatic nitrogens is 6. The molecule has 0 unspecified atom stereocenters. The van der Waals surface area contributed by atoms with Crippen molar-refractivity contribution in [3.8, 4) is 22.3 Å². The third-order valence-corrected chi connectivity index (χ3v) is 7.36. The molecule has 2 N–H and O–H groups in total. The first kappa shape index (κ1) is 22.5. The first-order valence-corrected chi connectivity index (χ1v) is 12.5. The number of nitrogens with zero attached hydrogens (tertiary/aromatic N) is 7. The Labute approximate surface area is 209 Å². The fourth-order valence-electron chi connectivity index (χ4n) is 5.45. The maximum atomic E-state index is 13.0. The summed E-state index contributed by atoms with van der Waals surface area (Å²) < 4.78 is 3.82. The summed E-state index contributed by atoms with van der Waals surface area (Å²) in [7, 11) is 1.81. The lowest BCUT2D eigenvalue weighted by Crippen LogP contribution is -2.30. The lowest BCUT2D eigenvalue weighted by Gasteiger charge is -2.21. The molecule has 2 aliphatic rings. The summed E-state index contributed by atoms with van der Waals surface area (Å²) in [4.78, 5) is 26.7. The summed E-state index contributed by atoms with van der Waals surface area (Å²) >= 11 is 0. The van der Waals surface area contributed by atoms with Gasteiger partial charge in [-0.25, -0.2) is 4.98 Å². The second-order valence-corrected chi connectivity index (χ2v) is 9.75. The fraction of sp³-hybridized carbons (Fsp3) is 0.423. The zero-order valence-electron chi connectivity index (χ0n) is 20.6. The molecule has 6 heterocycles. The van der Waals surface area contributed by atoms with Gasteiger partial charge >= 0.3 is 0 Å². The Morgan fingerprint density at radius 2 is 2.03 bits per heavy atom. The topological polar surface area (TPSA) is 101 Å². The van der Waals surface area contributed by atoms with Gasteiger partial charge in [0.1, 0.15) is 17.4 Å². The monoisotopic (exact) mass is 483 g/mol. The maximum absolute atomic E-state index is 13.0. The molecule has 0 aromatic carbocycles. The van der Waals surface area contributed by atoms with Crippen LogP contribution in [0.15, 0.2) is 24.7 Å². The smallest absolute Gasteiger partial charge is 0.260 e. The summed E-state index contributed by atoms with van der Waals surface area (Å²) in [5.41, 5.74) is 6.13. The highest BCUT2D eigenvalue weighted by Crippen LogP contribution is 2.40. The molecule has 10 heteroatoms. The minimum Gasteiger partial charge on any atom is -0.362 e. The number of hydrogen-bond acceptors (Lipinski definition) is 5. The van der Waals surface area contributed by atoms with E-state index in [9.17, 15) is 4.79 Å². The molecule has 0 spiro atoms. The van der Waals surface area contributed by atoms with Crippen molar-refractivity contribution in [2.45, 2.75) is 51.7 Å². The van der Waals surface area contributed by atoms with Crippen LogP contribution in [0.3, 0.4) is 0 Å². The van der Waals surface area contributed by atoms with Crippen molar-refractivity contribution in [1.82, 2.24) is 39.7 Å². The first-order valence-electron chi connectivity index (χ1n) is 12.5. The number of piperidine rings is 1. The van der Waals surface area contributed by atoms with Crippen LogP contribution >= 0.6 is 0 Å². The van der Waals surface area contributed by atoms with Crippen LogP contribution in [0.2, 0.25) is 0 Å². The predicted molar refractivity (Wildman–Crippen MR) is 136 cm³/mol. The van der Waals surface area contributed by atoms with Crippen LogP contribution < -0.4 is 5.32 Å². The van der Waals surface area contributed by atoms with Crippen molar-refractivity contribution in [3.05, 3.63) is 47.5 Å². The Morgan fingerprint density at radius 3 is 2.83 bits per heavy atom. The quantitative estimate of drug-likeness (QED) is 0.401. The average Bonchev–Trinajstić information content (AvgIpc) is 3.58. The van der Waals surface area contributed by atoms with E-state index < -0.39 is 0 Å². The van der Waals surface area contributed by atoms with E-state index in [2.05, 4.69) is 26.3 Å². The van der Waals surface area contributed by atoms with Crippen molar-refractivity contribution in [1.29, 1.82) is 0 Å². The van der Waals surface area contributed by atoms with Gasteiger partial charge < -0.3 is 20.0 Å². The Hall–Kier alpha value is -3.97. The molecule has 1 saturated heterocycles. The van der Waals surface area contributed by atoms with Crippen molar-refractivity contribution >= 4 is 22.8 Å². The summed E-state index contributed by atoms with van der Waals surface area (Å²) in [5.74, 6) is 0.574. The highest BCUT2D eigenvalue weighted by Gasteiger charge is 2.29. The zero-order valence-corrected chi connectivity index (χ0v) is 20.6. The second-order valence-electron chi connectivity index (χ2n) is 9.75. The zero-order chi connectivity index (χ0) is 24.8. The van der Waals surface area contributed by atoms with Gasteiger partial charge in [-0.3, -0.25) is 9.48 Å². The van der Waals surface area contributed by atoms with Crippen LogP contribution in [0.5, 0.6) is 0 Å². The average molecular weight is 484 g/mol. The summed E-state index contributed by atoms with van der Waals surface area (Å²) in [6.45, 7) is 12.9. The molecule has 0 atom stereocenters. The highest BCUT2D eigenvalue weighted by atomic mass is 16.2. The second kappa shape index (κ2) is 8.91. The predicted octanol–water partition coefficient (Wildman–Crippen LogP) is 3.83. The lowest BCUT2D eigenvalue weighted by atomic mass is 10.0. The minimum atomic E-state index is 0.0563. The Bertz CT molecular complexity index is 1500. The Kier molecular flexibility index (Phi) is 5.57. The largest absolute Gasteiger partial charge is 0.362 e. The molecule has 36 heavy (non-hydrogen) atoms. The highest BCUT2D eigenvalue weighted by molar-refractivity contribution is 5.97. The molecule has 10 nitrogen and oxygen atoms in total. The van der Waals surface area contributed by atoms with Gasteiger partial charge in [0, 0.05) is 73.5 Å². The SMILES string of the molecule is [C-]#[N+]c1c2c(nn1C1CCNCC1)CN(C)C(=O)CCCn1cc(c(C)n1)-c1c[nH]c3ncc-2cc13. The normalized spacial score (nSPS) is 17.1. The third-order valence-electron chi connectivity index (χ3n) is 7.36. The van der Waals surface area contributed by atoms with Gasteiger partial charge in [0.25, 0.3) is 5.82 Å². The van der Waals surface area contributed by atoms with Crippen molar-refractivity contribution < 1.29 is 4.79 Å². The van der Waals surface area contributed by atoms with Crippen LogP contribution in [0.4, 0.5) is 5.82 Å². The fourth-order valence-corrected chi connectivity index (χ4v) is 5.45. The van der Waals surface area contributed by atoms with E-state index >= 15 is 0 Å².